The predicted molar refractivity (Wildman–Crippen MR) is 127 cm³/mol. The Kier molecular flexibility index (Phi) is 6.20. The van der Waals surface area contributed by atoms with Gasteiger partial charge < -0.3 is 10.1 Å². The number of benzene rings is 1. The molecule has 32 heavy (non-hydrogen) atoms. The summed E-state index contributed by atoms with van der Waals surface area (Å²) in [5.74, 6) is -0.863. The fourth-order valence-electron chi connectivity index (χ4n) is 3.40. The monoisotopic (exact) mass is 467 g/mol. The molecule has 0 saturated heterocycles. The minimum atomic E-state index is -0.481. The largest absolute Gasteiger partial charge is 0.462 e. The van der Waals surface area contributed by atoms with Gasteiger partial charge in [-0.25, -0.2) is 9.78 Å². The fourth-order valence-corrected chi connectivity index (χ4v) is 5.33. The molecule has 0 aliphatic heterocycles. The van der Waals surface area contributed by atoms with E-state index in [1.807, 2.05) is 37.3 Å². The average molecular weight is 468 g/mol. The lowest BCUT2D eigenvalue weighted by atomic mass is 10.2. The zero-order valence-electron chi connectivity index (χ0n) is 17.8. The lowest BCUT2D eigenvalue weighted by molar-refractivity contribution is 0.0528. The Morgan fingerprint density at radius 3 is 2.62 bits per heavy atom. The van der Waals surface area contributed by atoms with E-state index >= 15 is 0 Å². The standard InChI is InChI=1S/C23H21N3O4S2/c1-4-30-23(29)16-10-13(2)31-20(16)25-19(27)18-14(3)17-21(32-18)24-12-26(22(17)28)11-15-8-6-5-7-9-15/h5-10,12H,4,11H2,1-3H3,(H,25,27). The van der Waals surface area contributed by atoms with Gasteiger partial charge in [0.2, 0.25) is 0 Å². The molecule has 0 saturated carbocycles. The number of nitrogens with one attached hydrogen (secondary N) is 1. The van der Waals surface area contributed by atoms with Crippen LogP contribution in [0.15, 0.2) is 47.5 Å². The third-order valence-electron chi connectivity index (χ3n) is 4.90. The van der Waals surface area contributed by atoms with Gasteiger partial charge in [0.1, 0.15) is 9.83 Å². The zero-order valence-corrected chi connectivity index (χ0v) is 19.4. The van der Waals surface area contributed by atoms with Crippen LogP contribution in [0.1, 0.15) is 43.0 Å². The number of amides is 1. The number of aryl methyl sites for hydroxylation is 2. The number of carbonyl (C=O) groups is 2. The molecule has 1 amide bonds. The molecule has 0 fully saturated rings. The number of carbonyl (C=O) groups excluding carboxylic acids is 2. The number of hydrogen-bond donors (Lipinski definition) is 1. The summed E-state index contributed by atoms with van der Waals surface area (Å²) < 4.78 is 6.63. The molecule has 0 bridgehead atoms. The van der Waals surface area contributed by atoms with Gasteiger partial charge in [-0.1, -0.05) is 30.3 Å². The van der Waals surface area contributed by atoms with E-state index in [9.17, 15) is 14.4 Å². The average Bonchev–Trinajstić information content (AvgIpc) is 3.31. The van der Waals surface area contributed by atoms with Crippen LogP contribution in [-0.2, 0) is 11.3 Å². The first kappa shape index (κ1) is 21.9. The first-order valence-electron chi connectivity index (χ1n) is 10.0. The van der Waals surface area contributed by atoms with Gasteiger partial charge in [-0.3, -0.25) is 14.2 Å². The first-order valence-corrected chi connectivity index (χ1v) is 11.6. The maximum absolute atomic E-state index is 13.1. The number of thiophene rings is 2. The van der Waals surface area contributed by atoms with Crippen LogP contribution in [0.4, 0.5) is 5.00 Å². The Hall–Kier alpha value is -3.30. The molecule has 1 N–H and O–H groups in total. The van der Waals surface area contributed by atoms with Crippen molar-refractivity contribution in [1.82, 2.24) is 9.55 Å². The van der Waals surface area contributed by atoms with Crippen molar-refractivity contribution in [3.05, 3.63) is 79.5 Å². The number of rotatable bonds is 6. The summed E-state index contributed by atoms with van der Waals surface area (Å²) in [6, 6.07) is 11.3. The van der Waals surface area contributed by atoms with E-state index in [-0.39, 0.29) is 18.1 Å². The Morgan fingerprint density at radius 2 is 1.91 bits per heavy atom. The summed E-state index contributed by atoms with van der Waals surface area (Å²) >= 11 is 2.47. The number of esters is 1. The highest BCUT2D eigenvalue weighted by atomic mass is 32.1. The normalized spacial score (nSPS) is 11.0. The second-order valence-corrected chi connectivity index (χ2v) is 9.43. The van der Waals surface area contributed by atoms with Crippen molar-refractivity contribution in [3.8, 4) is 0 Å². The van der Waals surface area contributed by atoms with E-state index in [1.165, 1.54) is 17.7 Å². The van der Waals surface area contributed by atoms with Crippen molar-refractivity contribution >= 4 is 49.8 Å². The molecule has 1 aromatic carbocycles. The summed E-state index contributed by atoms with van der Waals surface area (Å²) in [7, 11) is 0. The smallest absolute Gasteiger partial charge is 0.341 e. The van der Waals surface area contributed by atoms with Gasteiger partial charge in [-0.15, -0.1) is 22.7 Å². The van der Waals surface area contributed by atoms with Crippen molar-refractivity contribution in [2.24, 2.45) is 0 Å². The summed E-state index contributed by atoms with van der Waals surface area (Å²) in [4.78, 5) is 44.6. The summed E-state index contributed by atoms with van der Waals surface area (Å²) in [5, 5.41) is 3.68. The molecular weight excluding hydrogens is 446 g/mol. The summed E-state index contributed by atoms with van der Waals surface area (Å²) in [5.41, 5.74) is 1.70. The molecule has 3 heterocycles. The molecule has 9 heteroatoms. The van der Waals surface area contributed by atoms with Crippen LogP contribution in [0.3, 0.4) is 0 Å². The van der Waals surface area contributed by atoms with Crippen molar-refractivity contribution in [2.45, 2.75) is 27.3 Å². The molecule has 4 rings (SSSR count). The number of ether oxygens (including phenoxy) is 1. The summed E-state index contributed by atoms with van der Waals surface area (Å²) in [6.07, 6.45) is 1.51. The van der Waals surface area contributed by atoms with E-state index in [2.05, 4.69) is 10.3 Å². The number of aromatic nitrogens is 2. The lowest BCUT2D eigenvalue weighted by Crippen LogP contribution is -2.21. The van der Waals surface area contributed by atoms with Gasteiger partial charge in [-0.05, 0) is 38.0 Å². The molecule has 0 radical (unpaired) electrons. The molecular formula is C23H21N3O4S2. The molecule has 3 aromatic heterocycles. The lowest BCUT2D eigenvalue weighted by Gasteiger charge is -2.06. The number of hydrogen-bond acceptors (Lipinski definition) is 7. The second kappa shape index (κ2) is 9.05. The third kappa shape index (κ3) is 4.21. The highest BCUT2D eigenvalue weighted by molar-refractivity contribution is 7.21. The fraction of sp³-hybridized carbons (Fsp3) is 0.217. The molecule has 4 aromatic rings. The van der Waals surface area contributed by atoms with Gasteiger partial charge >= 0.3 is 5.97 Å². The van der Waals surface area contributed by atoms with Gasteiger partial charge in [-0.2, -0.15) is 0 Å². The molecule has 0 spiro atoms. The van der Waals surface area contributed by atoms with E-state index in [0.29, 0.717) is 37.8 Å². The third-order valence-corrected chi connectivity index (χ3v) is 7.06. The Labute approximate surface area is 192 Å². The Bertz CT molecular complexity index is 1370. The highest BCUT2D eigenvalue weighted by Gasteiger charge is 2.23. The van der Waals surface area contributed by atoms with Crippen LogP contribution >= 0.6 is 22.7 Å². The number of anilines is 1. The maximum Gasteiger partial charge on any atom is 0.341 e. The van der Waals surface area contributed by atoms with Crippen LogP contribution in [0, 0.1) is 13.8 Å². The van der Waals surface area contributed by atoms with E-state index in [1.54, 1.807) is 24.5 Å². The molecule has 0 aliphatic rings. The molecule has 0 unspecified atom stereocenters. The molecule has 7 nitrogen and oxygen atoms in total. The second-order valence-electron chi connectivity index (χ2n) is 7.17. The van der Waals surface area contributed by atoms with Gasteiger partial charge in [0.05, 0.1) is 35.3 Å². The van der Waals surface area contributed by atoms with Gasteiger partial charge in [0.15, 0.2) is 0 Å². The van der Waals surface area contributed by atoms with Crippen LogP contribution in [0.25, 0.3) is 10.2 Å². The van der Waals surface area contributed by atoms with Gasteiger partial charge in [0.25, 0.3) is 11.5 Å². The number of fused-ring (bicyclic) bond motifs is 1. The quantitative estimate of drug-likeness (QED) is 0.418. The Balaban J connectivity index is 1.66. The Morgan fingerprint density at radius 1 is 1.16 bits per heavy atom. The minimum absolute atomic E-state index is 0.189. The molecule has 164 valence electrons. The maximum atomic E-state index is 13.1. The van der Waals surface area contributed by atoms with E-state index < -0.39 is 5.97 Å². The van der Waals surface area contributed by atoms with Crippen molar-refractivity contribution in [2.75, 3.05) is 11.9 Å². The molecule has 0 atom stereocenters. The van der Waals surface area contributed by atoms with Crippen molar-refractivity contribution < 1.29 is 14.3 Å². The van der Waals surface area contributed by atoms with E-state index in [0.717, 1.165) is 21.8 Å². The zero-order chi connectivity index (χ0) is 22.8. The SMILES string of the molecule is CCOC(=O)c1cc(C)sc1NC(=O)c1sc2ncn(Cc3ccccc3)c(=O)c2c1C. The van der Waals surface area contributed by atoms with E-state index in [4.69, 9.17) is 4.74 Å². The predicted octanol–water partition coefficient (Wildman–Crippen LogP) is 4.61. The van der Waals surface area contributed by atoms with Crippen LogP contribution < -0.4 is 10.9 Å². The minimum Gasteiger partial charge on any atom is -0.462 e. The van der Waals surface area contributed by atoms with Crippen LogP contribution in [0.2, 0.25) is 0 Å². The number of nitrogens with zero attached hydrogens (tertiary/aromatic N) is 2. The summed E-state index contributed by atoms with van der Waals surface area (Å²) in [6.45, 7) is 5.98. The van der Waals surface area contributed by atoms with Crippen molar-refractivity contribution in [3.63, 3.8) is 0 Å². The topological polar surface area (TPSA) is 90.3 Å². The first-order chi connectivity index (χ1) is 15.4. The van der Waals surface area contributed by atoms with Crippen molar-refractivity contribution in [1.29, 1.82) is 0 Å². The van der Waals surface area contributed by atoms with Gasteiger partial charge in [0, 0.05) is 4.88 Å². The highest BCUT2D eigenvalue weighted by Crippen LogP contribution is 2.31. The van der Waals surface area contributed by atoms with Crippen LogP contribution in [-0.4, -0.2) is 28.0 Å². The molecule has 0 aliphatic carbocycles. The van der Waals surface area contributed by atoms with Crippen LogP contribution in [0.5, 0.6) is 0 Å².